The third kappa shape index (κ3) is 6.05. The quantitative estimate of drug-likeness (QED) is 0.364. The number of allylic oxidation sites excluding steroid dienone is 2. The summed E-state index contributed by atoms with van der Waals surface area (Å²) >= 11 is 0. The number of hydrogen-bond acceptors (Lipinski definition) is 0. The highest BCUT2D eigenvalue weighted by atomic mass is 14.1. The third-order valence-corrected chi connectivity index (χ3v) is 3.52. The van der Waals surface area contributed by atoms with Gasteiger partial charge in [-0.3, -0.25) is 0 Å². The molecule has 1 aromatic carbocycles. The van der Waals surface area contributed by atoms with E-state index < -0.39 is 0 Å². The minimum atomic E-state index is 0.613. The summed E-state index contributed by atoms with van der Waals surface area (Å²) in [6, 6.07) is 10.9. The van der Waals surface area contributed by atoms with Gasteiger partial charge in [0.2, 0.25) is 0 Å². The van der Waals surface area contributed by atoms with Gasteiger partial charge in [-0.25, -0.2) is 0 Å². The maximum Gasteiger partial charge on any atom is 0.00178 e. The zero-order valence-electron chi connectivity index (χ0n) is 12.1. The molecule has 0 aliphatic carbocycles. The maximum atomic E-state index is 2.35. The highest BCUT2D eigenvalue weighted by Crippen LogP contribution is 2.24. The van der Waals surface area contributed by atoms with Crippen molar-refractivity contribution >= 4 is 0 Å². The van der Waals surface area contributed by atoms with E-state index in [1.807, 2.05) is 0 Å². The minimum Gasteiger partial charge on any atom is -0.0910 e. The Labute approximate surface area is 113 Å². The zero-order valence-corrected chi connectivity index (χ0v) is 12.1. The van der Waals surface area contributed by atoms with Gasteiger partial charge in [-0.1, -0.05) is 87.9 Å². The molecule has 0 saturated heterocycles. The molecule has 1 rings (SSSR count). The molecule has 1 atom stereocenters. The van der Waals surface area contributed by atoms with E-state index in [1.165, 1.54) is 50.5 Å². The van der Waals surface area contributed by atoms with Crippen LogP contribution in [-0.4, -0.2) is 0 Å². The second kappa shape index (κ2) is 9.94. The van der Waals surface area contributed by atoms with Gasteiger partial charge in [0.25, 0.3) is 0 Å². The Morgan fingerprint density at radius 3 is 2.28 bits per heavy atom. The number of hydrogen-bond donors (Lipinski definition) is 0. The van der Waals surface area contributed by atoms with Gasteiger partial charge < -0.3 is 0 Å². The highest BCUT2D eigenvalue weighted by Gasteiger charge is 2.06. The molecule has 18 heavy (non-hydrogen) atoms. The van der Waals surface area contributed by atoms with Crippen molar-refractivity contribution in [2.45, 2.75) is 64.7 Å². The van der Waals surface area contributed by atoms with Gasteiger partial charge >= 0.3 is 0 Å². The Kier molecular flexibility index (Phi) is 8.29. The molecule has 0 N–H and O–H groups in total. The SMILES string of the molecule is C/C=C/C(CCCCCCCC)c1ccccc1. The molecular formula is C18H28. The first-order valence-electron chi connectivity index (χ1n) is 7.56. The summed E-state index contributed by atoms with van der Waals surface area (Å²) in [5, 5.41) is 0. The van der Waals surface area contributed by atoms with Crippen LogP contribution in [0, 0.1) is 0 Å². The van der Waals surface area contributed by atoms with Crippen molar-refractivity contribution in [3.63, 3.8) is 0 Å². The Morgan fingerprint density at radius 2 is 1.61 bits per heavy atom. The van der Waals surface area contributed by atoms with Crippen LogP contribution in [0.5, 0.6) is 0 Å². The van der Waals surface area contributed by atoms with Crippen molar-refractivity contribution in [3.8, 4) is 0 Å². The lowest BCUT2D eigenvalue weighted by molar-refractivity contribution is 0.572. The monoisotopic (exact) mass is 244 g/mol. The van der Waals surface area contributed by atoms with E-state index in [-0.39, 0.29) is 0 Å². The van der Waals surface area contributed by atoms with Gasteiger partial charge in [0, 0.05) is 5.92 Å². The predicted molar refractivity (Wildman–Crippen MR) is 82.0 cm³/mol. The van der Waals surface area contributed by atoms with Crippen LogP contribution >= 0.6 is 0 Å². The molecule has 0 heteroatoms. The van der Waals surface area contributed by atoms with Gasteiger partial charge in [0.1, 0.15) is 0 Å². The van der Waals surface area contributed by atoms with Gasteiger partial charge in [-0.15, -0.1) is 0 Å². The van der Waals surface area contributed by atoms with E-state index in [0.717, 1.165) is 0 Å². The van der Waals surface area contributed by atoms with E-state index >= 15 is 0 Å². The topological polar surface area (TPSA) is 0 Å². The minimum absolute atomic E-state index is 0.613. The highest BCUT2D eigenvalue weighted by molar-refractivity contribution is 5.23. The van der Waals surface area contributed by atoms with Crippen LogP contribution in [-0.2, 0) is 0 Å². The molecule has 0 aliphatic rings. The lowest BCUT2D eigenvalue weighted by Gasteiger charge is -2.13. The fourth-order valence-electron chi connectivity index (χ4n) is 2.45. The normalized spacial score (nSPS) is 13.0. The van der Waals surface area contributed by atoms with Crippen molar-refractivity contribution in [1.29, 1.82) is 0 Å². The molecule has 0 radical (unpaired) electrons. The van der Waals surface area contributed by atoms with E-state index in [2.05, 4.69) is 56.3 Å². The van der Waals surface area contributed by atoms with Crippen LogP contribution in [0.15, 0.2) is 42.5 Å². The molecule has 0 spiro atoms. The molecule has 0 bridgehead atoms. The van der Waals surface area contributed by atoms with Gasteiger partial charge in [-0.2, -0.15) is 0 Å². The zero-order chi connectivity index (χ0) is 13.1. The first kappa shape index (κ1) is 15.0. The Bertz CT molecular complexity index is 310. The summed E-state index contributed by atoms with van der Waals surface area (Å²) in [6.07, 6.45) is 14.1. The summed E-state index contributed by atoms with van der Waals surface area (Å²) in [4.78, 5) is 0. The molecule has 0 amide bonds. The lowest BCUT2D eigenvalue weighted by atomic mass is 9.92. The smallest absolute Gasteiger partial charge is 0.00178 e. The largest absolute Gasteiger partial charge is 0.0910 e. The second-order valence-electron chi connectivity index (χ2n) is 5.10. The molecular weight excluding hydrogens is 216 g/mol. The standard InChI is InChI=1S/C18H28/c1-3-5-6-7-8-10-14-17(13-4-2)18-15-11-9-12-16-18/h4,9,11-13,15-17H,3,5-8,10,14H2,1-2H3/b13-4+. The molecule has 1 aromatic rings. The van der Waals surface area contributed by atoms with E-state index in [1.54, 1.807) is 0 Å². The van der Waals surface area contributed by atoms with Crippen LogP contribution in [0.3, 0.4) is 0 Å². The van der Waals surface area contributed by atoms with Crippen molar-refractivity contribution in [2.75, 3.05) is 0 Å². The van der Waals surface area contributed by atoms with Crippen molar-refractivity contribution in [1.82, 2.24) is 0 Å². The van der Waals surface area contributed by atoms with Gasteiger partial charge in [0.15, 0.2) is 0 Å². The van der Waals surface area contributed by atoms with Crippen molar-refractivity contribution in [2.24, 2.45) is 0 Å². The fourth-order valence-corrected chi connectivity index (χ4v) is 2.45. The summed E-state index contributed by atoms with van der Waals surface area (Å²) in [5.74, 6) is 0.613. The second-order valence-corrected chi connectivity index (χ2v) is 5.10. The first-order chi connectivity index (χ1) is 8.88. The molecule has 0 aromatic heterocycles. The van der Waals surface area contributed by atoms with Crippen LogP contribution in [0.4, 0.5) is 0 Å². The lowest BCUT2D eigenvalue weighted by Crippen LogP contribution is -1.95. The molecule has 1 unspecified atom stereocenters. The van der Waals surface area contributed by atoms with Crippen LogP contribution in [0.2, 0.25) is 0 Å². The molecule has 100 valence electrons. The van der Waals surface area contributed by atoms with Crippen LogP contribution in [0.25, 0.3) is 0 Å². The summed E-state index contributed by atoms with van der Waals surface area (Å²) in [6.45, 7) is 4.40. The number of benzene rings is 1. The number of unbranched alkanes of at least 4 members (excludes halogenated alkanes) is 5. The van der Waals surface area contributed by atoms with E-state index in [9.17, 15) is 0 Å². The number of rotatable bonds is 9. The predicted octanol–water partition coefficient (Wildman–Crippen LogP) is 6.10. The fraction of sp³-hybridized carbons (Fsp3) is 0.556. The Morgan fingerprint density at radius 1 is 0.944 bits per heavy atom. The van der Waals surface area contributed by atoms with E-state index in [4.69, 9.17) is 0 Å². The summed E-state index contributed by atoms with van der Waals surface area (Å²) < 4.78 is 0. The molecule has 0 fully saturated rings. The van der Waals surface area contributed by atoms with E-state index in [0.29, 0.717) is 5.92 Å². The van der Waals surface area contributed by atoms with Crippen molar-refractivity contribution < 1.29 is 0 Å². The van der Waals surface area contributed by atoms with Gasteiger partial charge in [-0.05, 0) is 18.9 Å². The maximum absolute atomic E-state index is 2.35. The third-order valence-electron chi connectivity index (χ3n) is 3.52. The average Bonchev–Trinajstić information content (AvgIpc) is 2.42. The van der Waals surface area contributed by atoms with Gasteiger partial charge in [0.05, 0.1) is 0 Å². The van der Waals surface area contributed by atoms with Crippen LogP contribution in [0.1, 0.15) is 70.3 Å². The molecule has 0 nitrogen and oxygen atoms in total. The Hall–Kier alpha value is -1.04. The van der Waals surface area contributed by atoms with Crippen LogP contribution < -0.4 is 0 Å². The van der Waals surface area contributed by atoms with Crippen molar-refractivity contribution in [3.05, 3.63) is 48.0 Å². The summed E-state index contributed by atoms with van der Waals surface area (Å²) in [7, 11) is 0. The average molecular weight is 244 g/mol. The molecule has 0 aliphatic heterocycles. The molecule has 0 saturated carbocycles. The first-order valence-corrected chi connectivity index (χ1v) is 7.56. The molecule has 0 heterocycles. The summed E-state index contributed by atoms with van der Waals surface area (Å²) in [5.41, 5.74) is 1.46. The Balaban J connectivity index is 2.31.